The molecule has 2 aromatic heterocycles. The fourth-order valence-corrected chi connectivity index (χ4v) is 4.56. The molecule has 0 radical (unpaired) electrons. The number of carbonyl (C=O) groups is 2. The van der Waals surface area contributed by atoms with Gasteiger partial charge >= 0.3 is 5.97 Å². The SMILES string of the molecule is Cc1ccc2nc(-c3ccc(NC(=O)COC(=O)Cc4cccs4)cc3)sc2c1. The van der Waals surface area contributed by atoms with Gasteiger partial charge in [-0.25, -0.2) is 4.98 Å². The van der Waals surface area contributed by atoms with Gasteiger partial charge in [0.05, 0.1) is 16.6 Å². The summed E-state index contributed by atoms with van der Waals surface area (Å²) in [5.41, 5.74) is 3.83. The molecule has 2 heterocycles. The van der Waals surface area contributed by atoms with Gasteiger partial charge in [-0.1, -0.05) is 12.1 Å². The monoisotopic (exact) mass is 422 g/mol. The number of hydrogen-bond donors (Lipinski definition) is 1. The molecule has 29 heavy (non-hydrogen) atoms. The van der Waals surface area contributed by atoms with Gasteiger partial charge in [-0.15, -0.1) is 22.7 Å². The quantitative estimate of drug-likeness (QED) is 0.441. The number of thiazole rings is 1. The average Bonchev–Trinajstić information content (AvgIpc) is 3.36. The van der Waals surface area contributed by atoms with E-state index in [1.54, 1.807) is 11.3 Å². The van der Waals surface area contributed by atoms with Gasteiger partial charge < -0.3 is 10.1 Å². The minimum absolute atomic E-state index is 0.182. The lowest BCUT2D eigenvalue weighted by molar-refractivity contribution is -0.146. The zero-order valence-electron chi connectivity index (χ0n) is 15.7. The number of aryl methyl sites for hydroxylation is 1. The molecule has 0 atom stereocenters. The minimum atomic E-state index is -0.413. The molecular weight excluding hydrogens is 404 g/mol. The molecule has 0 aliphatic carbocycles. The van der Waals surface area contributed by atoms with Crippen molar-refractivity contribution in [3.8, 4) is 10.6 Å². The van der Waals surface area contributed by atoms with Crippen LogP contribution in [0.1, 0.15) is 10.4 Å². The number of carbonyl (C=O) groups excluding carboxylic acids is 2. The van der Waals surface area contributed by atoms with Crippen molar-refractivity contribution >= 4 is 50.5 Å². The zero-order chi connectivity index (χ0) is 20.2. The van der Waals surface area contributed by atoms with Crippen LogP contribution in [0.2, 0.25) is 0 Å². The fraction of sp³-hybridized carbons (Fsp3) is 0.136. The second-order valence-corrected chi connectivity index (χ2v) is 8.60. The highest BCUT2D eigenvalue weighted by atomic mass is 32.1. The number of amides is 1. The van der Waals surface area contributed by atoms with Gasteiger partial charge in [0.1, 0.15) is 5.01 Å². The lowest BCUT2D eigenvalue weighted by Gasteiger charge is -2.07. The van der Waals surface area contributed by atoms with Crippen LogP contribution in [-0.4, -0.2) is 23.5 Å². The minimum Gasteiger partial charge on any atom is -0.455 e. The van der Waals surface area contributed by atoms with Crippen molar-refractivity contribution in [3.63, 3.8) is 0 Å². The standard InChI is InChI=1S/C22H18N2O3S2/c1-14-4-9-18-19(11-14)29-22(24-18)15-5-7-16(8-6-15)23-20(25)13-27-21(26)12-17-3-2-10-28-17/h2-11H,12-13H2,1H3,(H,23,25). The average molecular weight is 423 g/mol. The normalized spacial score (nSPS) is 10.8. The largest absolute Gasteiger partial charge is 0.455 e. The third kappa shape index (κ3) is 4.88. The van der Waals surface area contributed by atoms with E-state index < -0.39 is 5.97 Å². The van der Waals surface area contributed by atoms with Crippen LogP contribution in [0.15, 0.2) is 60.0 Å². The molecule has 5 nitrogen and oxygen atoms in total. The Bertz CT molecular complexity index is 1150. The van der Waals surface area contributed by atoms with Crippen molar-refractivity contribution in [2.75, 3.05) is 11.9 Å². The second-order valence-electron chi connectivity index (χ2n) is 6.53. The summed E-state index contributed by atoms with van der Waals surface area (Å²) in [6, 6.07) is 17.4. The first-order valence-corrected chi connectivity index (χ1v) is 10.7. The third-order valence-corrected chi connectivity index (χ3v) is 6.17. The van der Waals surface area contributed by atoms with E-state index in [-0.39, 0.29) is 18.9 Å². The highest BCUT2D eigenvalue weighted by Gasteiger charge is 2.10. The molecule has 0 fully saturated rings. The second kappa shape index (κ2) is 8.55. The fourth-order valence-electron chi connectivity index (χ4n) is 2.80. The summed E-state index contributed by atoms with van der Waals surface area (Å²) in [5, 5.41) is 5.57. The molecule has 1 N–H and O–H groups in total. The summed E-state index contributed by atoms with van der Waals surface area (Å²) >= 11 is 3.13. The number of thiophene rings is 1. The number of aromatic nitrogens is 1. The van der Waals surface area contributed by atoms with E-state index in [1.165, 1.54) is 16.9 Å². The van der Waals surface area contributed by atoms with Gasteiger partial charge in [0.2, 0.25) is 0 Å². The molecule has 0 saturated heterocycles. The number of nitrogens with one attached hydrogen (secondary N) is 1. The highest BCUT2D eigenvalue weighted by Crippen LogP contribution is 2.31. The number of ether oxygens (including phenoxy) is 1. The Balaban J connectivity index is 1.33. The predicted molar refractivity (Wildman–Crippen MR) is 117 cm³/mol. The number of fused-ring (bicyclic) bond motifs is 1. The molecular formula is C22H18N2O3S2. The van der Waals surface area contributed by atoms with Crippen molar-refractivity contribution < 1.29 is 14.3 Å². The number of hydrogen-bond acceptors (Lipinski definition) is 6. The lowest BCUT2D eigenvalue weighted by atomic mass is 10.2. The Morgan fingerprint density at radius 2 is 1.93 bits per heavy atom. The first-order valence-electron chi connectivity index (χ1n) is 9.02. The smallest absolute Gasteiger partial charge is 0.311 e. The Hall–Kier alpha value is -3.03. The Kier molecular flexibility index (Phi) is 5.69. The molecule has 146 valence electrons. The van der Waals surface area contributed by atoms with Gasteiger partial charge in [0.25, 0.3) is 5.91 Å². The first-order chi connectivity index (χ1) is 14.1. The van der Waals surface area contributed by atoms with Crippen molar-refractivity contribution in [2.45, 2.75) is 13.3 Å². The van der Waals surface area contributed by atoms with Gasteiger partial charge in [-0.2, -0.15) is 0 Å². The molecule has 4 rings (SSSR count). The van der Waals surface area contributed by atoms with Gasteiger partial charge in [0, 0.05) is 16.1 Å². The first kappa shape index (κ1) is 19.3. The van der Waals surface area contributed by atoms with Crippen LogP contribution in [0.25, 0.3) is 20.8 Å². The molecule has 0 spiro atoms. The maximum absolute atomic E-state index is 12.0. The van der Waals surface area contributed by atoms with Crippen molar-refractivity contribution in [1.29, 1.82) is 0 Å². The number of anilines is 1. The van der Waals surface area contributed by atoms with Crippen LogP contribution in [0.3, 0.4) is 0 Å². The molecule has 0 saturated carbocycles. The molecule has 0 unspecified atom stereocenters. The molecule has 0 aliphatic rings. The summed E-state index contributed by atoms with van der Waals surface area (Å²) in [7, 11) is 0. The number of rotatable bonds is 6. The maximum Gasteiger partial charge on any atom is 0.311 e. The third-order valence-electron chi connectivity index (χ3n) is 4.22. The topological polar surface area (TPSA) is 68.3 Å². The summed E-state index contributed by atoms with van der Waals surface area (Å²) in [5.74, 6) is -0.781. The van der Waals surface area contributed by atoms with Crippen LogP contribution >= 0.6 is 22.7 Å². The van der Waals surface area contributed by atoms with Crippen LogP contribution in [0.5, 0.6) is 0 Å². The number of nitrogens with zero attached hydrogens (tertiary/aromatic N) is 1. The van der Waals surface area contributed by atoms with Crippen LogP contribution in [-0.2, 0) is 20.7 Å². The highest BCUT2D eigenvalue weighted by molar-refractivity contribution is 7.21. The zero-order valence-corrected chi connectivity index (χ0v) is 17.3. The summed E-state index contributed by atoms with van der Waals surface area (Å²) in [6.07, 6.45) is 0.182. The van der Waals surface area contributed by atoms with E-state index in [2.05, 4.69) is 29.4 Å². The summed E-state index contributed by atoms with van der Waals surface area (Å²) < 4.78 is 6.19. The summed E-state index contributed by atoms with van der Waals surface area (Å²) in [4.78, 5) is 29.4. The Morgan fingerprint density at radius 1 is 1.10 bits per heavy atom. The van der Waals surface area contributed by atoms with E-state index >= 15 is 0 Å². The summed E-state index contributed by atoms with van der Waals surface area (Å²) in [6.45, 7) is 1.76. The van der Waals surface area contributed by atoms with E-state index in [0.717, 1.165) is 25.7 Å². The predicted octanol–water partition coefficient (Wildman–Crippen LogP) is 5.06. The molecule has 2 aromatic carbocycles. The lowest BCUT2D eigenvalue weighted by Crippen LogP contribution is -2.21. The van der Waals surface area contributed by atoms with Crippen LogP contribution in [0.4, 0.5) is 5.69 Å². The van der Waals surface area contributed by atoms with Gasteiger partial charge in [-0.3, -0.25) is 9.59 Å². The van der Waals surface area contributed by atoms with E-state index in [4.69, 9.17) is 4.74 Å². The Labute approximate surface area is 176 Å². The molecule has 0 aliphatic heterocycles. The number of esters is 1. The molecule has 1 amide bonds. The van der Waals surface area contributed by atoms with Crippen LogP contribution in [0, 0.1) is 6.92 Å². The van der Waals surface area contributed by atoms with E-state index in [9.17, 15) is 9.59 Å². The van der Waals surface area contributed by atoms with Crippen molar-refractivity contribution in [1.82, 2.24) is 4.98 Å². The van der Waals surface area contributed by atoms with Gasteiger partial charge in [-0.05, 0) is 60.3 Å². The van der Waals surface area contributed by atoms with Crippen LogP contribution < -0.4 is 5.32 Å². The van der Waals surface area contributed by atoms with Gasteiger partial charge in [0.15, 0.2) is 6.61 Å². The Morgan fingerprint density at radius 3 is 2.69 bits per heavy atom. The number of benzene rings is 2. The van der Waals surface area contributed by atoms with Crippen molar-refractivity contribution in [3.05, 3.63) is 70.4 Å². The molecule has 7 heteroatoms. The van der Waals surface area contributed by atoms with E-state index in [0.29, 0.717) is 5.69 Å². The van der Waals surface area contributed by atoms with E-state index in [1.807, 2.05) is 47.8 Å². The van der Waals surface area contributed by atoms with Crippen molar-refractivity contribution in [2.24, 2.45) is 0 Å². The maximum atomic E-state index is 12.0. The molecule has 4 aromatic rings. The molecule has 0 bridgehead atoms.